The summed E-state index contributed by atoms with van der Waals surface area (Å²) in [6, 6.07) is 1.69. The summed E-state index contributed by atoms with van der Waals surface area (Å²) >= 11 is 0. The Labute approximate surface area is 113 Å². The summed E-state index contributed by atoms with van der Waals surface area (Å²) in [6.07, 6.45) is 13.2. The summed E-state index contributed by atoms with van der Waals surface area (Å²) in [5.74, 6) is 4.30. The van der Waals surface area contributed by atoms with E-state index in [1.807, 2.05) is 0 Å². The second kappa shape index (κ2) is 5.53. The number of unbranched alkanes of at least 4 members (excludes halogenated alkanes) is 1. The van der Waals surface area contributed by atoms with Crippen LogP contribution >= 0.6 is 0 Å². The molecule has 4 bridgehead atoms. The maximum absolute atomic E-state index is 4.08. The first kappa shape index (κ1) is 13.0. The molecule has 4 aliphatic carbocycles. The second-order valence-electron chi connectivity index (χ2n) is 7.37. The van der Waals surface area contributed by atoms with E-state index >= 15 is 0 Å². The Kier molecular flexibility index (Phi) is 3.98. The molecule has 4 aliphatic rings. The van der Waals surface area contributed by atoms with Gasteiger partial charge in [0.15, 0.2) is 0 Å². The molecule has 1 unspecified atom stereocenters. The minimum Gasteiger partial charge on any atom is -0.311 e. The zero-order chi connectivity index (χ0) is 12.5. The van der Waals surface area contributed by atoms with Crippen molar-refractivity contribution in [2.75, 3.05) is 0 Å². The van der Waals surface area contributed by atoms with Crippen LogP contribution in [-0.4, -0.2) is 12.1 Å². The van der Waals surface area contributed by atoms with Crippen LogP contribution in [-0.2, 0) is 0 Å². The first-order chi connectivity index (χ1) is 8.80. The normalized spacial score (nSPS) is 43.3. The average molecular weight is 249 g/mol. The fraction of sp³-hybridized carbons (Fsp3) is 1.00. The van der Waals surface area contributed by atoms with Gasteiger partial charge in [0.1, 0.15) is 0 Å². The van der Waals surface area contributed by atoms with Crippen LogP contribution in [0.3, 0.4) is 0 Å². The van der Waals surface area contributed by atoms with E-state index in [0.717, 1.165) is 35.8 Å². The van der Waals surface area contributed by atoms with Crippen LogP contribution in [0.2, 0.25) is 0 Å². The smallest absolute Gasteiger partial charge is 0.0127 e. The lowest BCUT2D eigenvalue weighted by atomic mass is 9.54. The third-order valence-corrected chi connectivity index (χ3v) is 6.05. The lowest BCUT2D eigenvalue weighted by Gasteiger charge is -2.55. The average Bonchev–Trinajstić information content (AvgIpc) is 2.36. The van der Waals surface area contributed by atoms with Crippen LogP contribution < -0.4 is 5.32 Å². The molecule has 0 radical (unpaired) electrons. The van der Waals surface area contributed by atoms with E-state index in [1.54, 1.807) is 32.1 Å². The van der Waals surface area contributed by atoms with E-state index in [9.17, 15) is 0 Å². The monoisotopic (exact) mass is 249 g/mol. The van der Waals surface area contributed by atoms with Crippen molar-refractivity contribution in [2.45, 2.75) is 83.7 Å². The zero-order valence-corrected chi connectivity index (χ0v) is 12.3. The van der Waals surface area contributed by atoms with Crippen LogP contribution in [0.4, 0.5) is 0 Å². The van der Waals surface area contributed by atoms with Gasteiger partial charge in [-0.25, -0.2) is 0 Å². The summed E-state index contributed by atoms with van der Waals surface area (Å²) in [5.41, 5.74) is 0. The van der Waals surface area contributed by atoms with Crippen molar-refractivity contribution in [1.82, 2.24) is 5.32 Å². The number of hydrogen-bond donors (Lipinski definition) is 1. The molecule has 0 aromatic rings. The maximum atomic E-state index is 4.08. The van der Waals surface area contributed by atoms with Crippen molar-refractivity contribution in [3.8, 4) is 0 Å². The van der Waals surface area contributed by atoms with Gasteiger partial charge in [-0.15, -0.1) is 0 Å². The highest BCUT2D eigenvalue weighted by atomic mass is 15.0. The van der Waals surface area contributed by atoms with Crippen molar-refractivity contribution in [3.63, 3.8) is 0 Å². The minimum absolute atomic E-state index is 0.799. The third-order valence-electron chi connectivity index (χ3n) is 6.05. The maximum Gasteiger partial charge on any atom is 0.0127 e. The first-order valence-corrected chi connectivity index (χ1v) is 8.56. The number of rotatable bonds is 6. The van der Waals surface area contributed by atoms with E-state index in [4.69, 9.17) is 0 Å². The molecule has 1 nitrogen and oxygen atoms in total. The topological polar surface area (TPSA) is 12.0 Å². The fourth-order valence-electron chi connectivity index (χ4n) is 5.33. The molecule has 4 saturated carbocycles. The van der Waals surface area contributed by atoms with Crippen molar-refractivity contribution in [3.05, 3.63) is 0 Å². The molecule has 0 spiro atoms. The first-order valence-electron chi connectivity index (χ1n) is 8.56. The van der Waals surface area contributed by atoms with Crippen LogP contribution in [0.1, 0.15) is 71.6 Å². The van der Waals surface area contributed by atoms with E-state index in [1.165, 1.54) is 25.7 Å². The Morgan fingerprint density at radius 2 is 1.56 bits per heavy atom. The van der Waals surface area contributed by atoms with Crippen molar-refractivity contribution < 1.29 is 0 Å². The minimum atomic E-state index is 0.799. The van der Waals surface area contributed by atoms with Gasteiger partial charge in [0.05, 0.1) is 0 Å². The molecular weight excluding hydrogens is 218 g/mol. The summed E-state index contributed by atoms with van der Waals surface area (Å²) in [7, 11) is 0. The molecular formula is C17H31N. The quantitative estimate of drug-likeness (QED) is 0.737. The summed E-state index contributed by atoms with van der Waals surface area (Å²) in [5, 5.41) is 4.08. The van der Waals surface area contributed by atoms with E-state index in [-0.39, 0.29) is 0 Å². The van der Waals surface area contributed by atoms with E-state index in [2.05, 4.69) is 19.2 Å². The van der Waals surface area contributed by atoms with Gasteiger partial charge in [-0.1, -0.05) is 26.7 Å². The highest BCUT2D eigenvalue weighted by Gasteiger charge is 2.48. The van der Waals surface area contributed by atoms with Crippen LogP contribution in [0, 0.1) is 23.7 Å². The fourth-order valence-corrected chi connectivity index (χ4v) is 5.33. The van der Waals surface area contributed by atoms with Crippen LogP contribution in [0.5, 0.6) is 0 Å². The van der Waals surface area contributed by atoms with Gasteiger partial charge >= 0.3 is 0 Å². The van der Waals surface area contributed by atoms with Gasteiger partial charge in [0.25, 0.3) is 0 Å². The predicted molar refractivity (Wildman–Crippen MR) is 77.6 cm³/mol. The Balaban J connectivity index is 1.58. The Bertz CT molecular complexity index is 245. The second-order valence-corrected chi connectivity index (χ2v) is 7.37. The molecule has 0 amide bonds. The molecule has 4 fully saturated rings. The summed E-state index contributed by atoms with van der Waals surface area (Å²) in [6.45, 7) is 4.68. The molecule has 0 heterocycles. The number of nitrogens with one attached hydrogen (secondary N) is 1. The lowest BCUT2D eigenvalue weighted by Crippen LogP contribution is -2.56. The SMILES string of the molecule is CCCCC(CC)NC1C2CC3CC(C2)CC1C3. The van der Waals surface area contributed by atoms with E-state index < -0.39 is 0 Å². The molecule has 104 valence electrons. The summed E-state index contributed by atoms with van der Waals surface area (Å²) in [4.78, 5) is 0. The summed E-state index contributed by atoms with van der Waals surface area (Å²) < 4.78 is 0. The van der Waals surface area contributed by atoms with Crippen LogP contribution in [0.15, 0.2) is 0 Å². The van der Waals surface area contributed by atoms with Gasteiger partial charge in [0.2, 0.25) is 0 Å². The van der Waals surface area contributed by atoms with Gasteiger partial charge in [0, 0.05) is 12.1 Å². The molecule has 1 heteroatoms. The molecule has 1 N–H and O–H groups in total. The zero-order valence-electron chi connectivity index (χ0n) is 12.3. The van der Waals surface area contributed by atoms with Gasteiger partial charge in [-0.2, -0.15) is 0 Å². The molecule has 18 heavy (non-hydrogen) atoms. The molecule has 0 saturated heterocycles. The molecule has 0 aromatic carbocycles. The highest BCUT2D eigenvalue weighted by Crippen LogP contribution is 2.53. The van der Waals surface area contributed by atoms with Gasteiger partial charge < -0.3 is 5.32 Å². The molecule has 4 rings (SSSR count). The number of hydrogen-bond acceptors (Lipinski definition) is 1. The van der Waals surface area contributed by atoms with Gasteiger partial charge in [-0.05, 0) is 68.6 Å². The van der Waals surface area contributed by atoms with Crippen LogP contribution in [0.25, 0.3) is 0 Å². The molecule has 1 atom stereocenters. The van der Waals surface area contributed by atoms with Gasteiger partial charge in [-0.3, -0.25) is 0 Å². The largest absolute Gasteiger partial charge is 0.311 e. The Morgan fingerprint density at radius 1 is 0.944 bits per heavy atom. The van der Waals surface area contributed by atoms with Crippen molar-refractivity contribution in [2.24, 2.45) is 23.7 Å². The third kappa shape index (κ3) is 2.48. The standard InChI is InChI=1S/C17H31N/c1-3-5-6-16(4-2)18-17-14-8-12-7-13(10-14)11-15(17)9-12/h12-18H,3-11H2,1-2H3. The lowest BCUT2D eigenvalue weighted by molar-refractivity contribution is -0.0182. The Hall–Kier alpha value is -0.0400. The predicted octanol–water partition coefficient (Wildman–Crippen LogP) is 4.37. The molecule has 0 aliphatic heterocycles. The van der Waals surface area contributed by atoms with E-state index in [0.29, 0.717) is 0 Å². The highest BCUT2D eigenvalue weighted by molar-refractivity contribution is 5.01. The van der Waals surface area contributed by atoms with Crippen molar-refractivity contribution >= 4 is 0 Å². The molecule has 0 aromatic heterocycles. The Morgan fingerprint density at radius 3 is 2.06 bits per heavy atom. The van der Waals surface area contributed by atoms with Crippen molar-refractivity contribution in [1.29, 1.82) is 0 Å².